The molecule has 0 unspecified atom stereocenters. The van der Waals surface area contributed by atoms with E-state index in [1.807, 2.05) is 5.32 Å². The van der Waals surface area contributed by atoms with Gasteiger partial charge in [-0.1, -0.05) is 102 Å². The molecule has 146 heavy (non-hydrogen) atoms. The zero-order valence-corrected chi connectivity index (χ0v) is 83.8. The molecular formula is C94H143N23O29. The van der Waals surface area contributed by atoms with Gasteiger partial charge in [0.2, 0.25) is 118 Å². The molecule has 3 aromatic carbocycles. The Balaban J connectivity index is 1.44. The van der Waals surface area contributed by atoms with E-state index in [9.17, 15) is 142 Å². The lowest BCUT2D eigenvalue weighted by molar-refractivity contribution is -0.146. The molecule has 0 saturated carbocycles. The number of aromatic hydroxyl groups is 1. The van der Waals surface area contributed by atoms with Gasteiger partial charge in [0.25, 0.3) is 0 Å². The molecule has 0 saturated heterocycles. The maximum Gasteiger partial charge on any atom is 0.328 e. The Hall–Kier alpha value is -14.4. The van der Waals surface area contributed by atoms with E-state index in [1.165, 1.54) is 72.7 Å². The zero-order valence-electron chi connectivity index (χ0n) is 83.8. The topological polar surface area (TPSA) is 843 Å². The van der Waals surface area contributed by atoms with Gasteiger partial charge in [0.05, 0.1) is 56.8 Å². The molecule has 52 heteroatoms. The van der Waals surface area contributed by atoms with E-state index in [2.05, 4.69) is 101 Å². The third-order valence-electron chi connectivity index (χ3n) is 22.8. The van der Waals surface area contributed by atoms with Crippen LogP contribution in [0.2, 0.25) is 0 Å². The largest absolute Gasteiger partial charge is 0.508 e. The summed E-state index contributed by atoms with van der Waals surface area (Å²) in [6.07, 6.45) is -7.81. The number of phenols is 1. The number of H-pyrrole nitrogens is 1. The van der Waals surface area contributed by atoms with Crippen LogP contribution < -0.4 is 118 Å². The van der Waals surface area contributed by atoms with Gasteiger partial charge >= 0.3 is 5.97 Å². The quantitative estimate of drug-likeness (QED) is 0.0183. The number of rotatable bonds is 62. The second-order valence-corrected chi connectivity index (χ2v) is 36.6. The molecular weight excluding hydrogens is 1920 g/mol. The number of aliphatic hydroxyl groups excluding tert-OH is 6. The molecule has 0 aliphatic heterocycles. The number of carbonyl (C=O) groups excluding carboxylic acids is 20. The van der Waals surface area contributed by atoms with Crippen molar-refractivity contribution in [2.24, 2.45) is 35.0 Å². The number of carboxylic acid groups (broad SMARTS) is 1. The number of aliphatic carboxylic acids is 1. The molecule has 4 rings (SSSR count). The van der Waals surface area contributed by atoms with Gasteiger partial charge in [0.1, 0.15) is 102 Å². The van der Waals surface area contributed by atoms with Gasteiger partial charge in [0, 0.05) is 42.8 Å². The third kappa shape index (κ3) is 41.7. The minimum Gasteiger partial charge on any atom is -0.508 e. The number of aromatic amines is 1. The standard InChI is InChI=1S/C94H143N23O29/c1-43(2)34-62(86(137)113-73(45(5)6)90(141)116-76(52(13)122)92(143)114-72(44(3)4)89(140)111-66(42-118)87(138)104-46(7)78(129)102-47(8)79(130)107-60(26-20-21-33-95)83(134)115-75(51(12)121)93(144)117-77(53(14)123)94(145)146)110-91(142)74(50(11)120)112-70(128)41-99-81(132)61(31-32-67(96)125)105-68(126)39-100-82(133)65(37-56-38-98-59-25-19-18-24-58(56)59)109-85(136)64(36-55-27-29-57(124)30-28-55)108-80(131)48(9)103-84(135)63(35-54-22-16-15-17-23-54)106-69(127)40-101-88(139)71(97)49(10)119/h15-19,22-25,27-30,38,43-53,60-66,71-77,98,118-124H,20-21,26,31-37,39-42,95,97H2,1-14H3,(H2,96,125)(H,99,132)(H,100,133)(H,101,139)(H,102,129)(H,103,135)(H,104,138)(H,105,126)(H,106,127)(H,107,130)(H,108,131)(H,109,136)(H,110,142)(H,111,140)(H,112,128)(H,113,137)(H,114,143)(H,115,134)(H,116,141)(H,117,144)(H,145,146)/t46-,47-,48-,49+,50+,51+,52+,53+,60-,61-,62-,63-,64-,65-,66-,71-,72-,73-,74-,75-,76-,77-/m0/s1. The number of primary amides is 1. The van der Waals surface area contributed by atoms with Crippen molar-refractivity contribution in [1.29, 1.82) is 0 Å². The number of hydrogen-bond acceptors (Lipinski definition) is 30. The van der Waals surface area contributed by atoms with Crippen LogP contribution in [-0.4, -0.2) is 336 Å². The van der Waals surface area contributed by atoms with Crippen molar-refractivity contribution in [2.75, 3.05) is 32.8 Å². The van der Waals surface area contributed by atoms with Gasteiger partial charge < -0.3 is 164 Å². The van der Waals surface area contributed by atoms with Crippen LogP contribution in [0.5, 0.6) is 5.75 Å². The highest BCUT2D eigenvalue weighted by molar-refractivity contribution is 6.02. The Kier molecular flexibility index (Phi) is 51.7. The molecule has 1 aromatic heterocycles. The van der Waals surface area contributed by atoms with E-state index in [4.69, 9.17) is 17.2 Å². The molecule has 20 amide bonds. The summed E-state index contributed by atoms with van der Waals surface area (Å²) in [6.45, 7) is 15.0. The smallest absolute Gasteiger partial charge is 0.328 e. The van der Waals surface area contributed by atoms with Gasteiger partial charge in [0.15, 0.2) is 6.04 Å². The lowest BCUT2D eigenvalue weighted by atomic mass is 9.98. The number of nitrogens with one attached hydrogen (secondary N) is 20. The summed E-state index contributed by atoms with van der Waals surface area (Å²) >= 11 is 0. The van der Waals surface area contributed by atoms with E-state index in [0.717, 1.165) is 34.6 Å². The summed E-state index contributed by atoms with van der Waals surface area (Å²) in [7, 11) is 0. The number of phenolic OH excluding ortho intramolecular Hbond substituents is 1. The van der Waals surface area contributed by atoms with Crippen LogP contribution in [-0.2, 0) is 120 Å². The summed E-state index contributed by atoms with van der Waals surface area (Å²) in [6, 6.07) is -6.58. The maximum absolute atomic E-state index is 14.8. The van der Waals surface area contributed by atoms with Crippen LogP contribution in [0.4, 0.5) is 0 Å². The van der Waals surface area contributed by atoms with E-state index in [0.29, 0.717) is 34.0 Å². The molecule has 1 heterocycles. The third-order valence-corrected chi connectivity index (χ3v) is 22.8. The zero-order chi connectivity index (χ0) is 110. The van der Waals surface area contributed by atoms with Gasteiger partial charge in [-0.25, -0.2) is 4.79 Å². The van der Waals surface area contributed by atoms with Crippen molar-refractivity contribution in [3.63, 3.8) is 0 Å². The fourth-order valence-electron chi connectivity index (χ4n) is 14.3. The van der Waals surface area contributed by atoms with Gasteiger partial charge in [-0.2, -0.15) is 0 Å². The number of hydrogen-bond donors (Lipinski definition) is 31. The molecule has 52 nitrogen and oxygen atoms in total. The number of benzene rings is 3. The van der Waals surface area contributed by atoms with Crippen molar-refractivity contribution in [3.05, 3.63) is 102 Å². The minimum absolute atomic E-state index is 0.0920. The van der Waals surface area contributed by atoms with Crippen LogP contribution in [0.1, 0.15) is 152 Å². The molecule has 0 radical (unpaired) electrons. The predicted molar refractivity (Wildman–Crippen MR) is 522 cm³/mol. The summed E-state index contributed by atoms with van der Waals surface area (Å²) in [5.41, 5.74) is 18.8. The van der Waals surface area contributed by atoms with Crippen molar-refractivity contribution in [2.45, 2.75) is 288 Å². The summed E-state index contributed by atoms with van der Waals surface area (Å²) in [4.78, 5) is 290. The Labute approximate surface area is 842 Å². The number of unbranched alkanes of at least 4 members (excludes halogenated alkanes) is 1. The summed E-state index contributed by atoms with van der Waals surface area (Å²) < 4.78 is 0. The van der Waals surface area contributed by atoms with Crippen molar-refractivity contribution in [1.82, 2.24) is 106 Å². The number of para-hydroxylation sites is 1. The highest BCUT2D eigenvalue weighted by Gasteiger charge is 2.42. The van der Waals surface area contributed by atoms with Crippen LogP contribution in [0.3, 0.4) is 0 Å². The molecule has 0 bridgehead atoms. The number of amides is 20. The second kappa shape index (κ2) is 61.0. The first-order valence-electron chi connectivity index (χ1n) is 47.5. The number of fused-ring (bicyclic) bond motifs is 1. The van der Waals surface area contributed by atoms with Gasteiger partial charge in [-0.15, -0.1) is 0 Å². The van der Waals surface area contributed by atoms with Gasteiger partial charge in [-0.3, -0.25) is 95.9 Å². The Morgan fingerprint density at radius 3 is 1.19 bits per heavy atom. The van der Waals surface area contributed by atoms with E-state index < -0.39 is 314 Å². The van der Waals surface area contributed by atoms with Crippen LogP contribution in [0.15, 0.2) is 85.1 Å². The Bertz CT molecular complexity index is 5140. The molecule has 22 atom stereocenters. The minimum atomic E-state index is -1.90. The average molecular weight is 2060 g/mol. The molecule has 0 fully saturated rings. The maximum atomic E-state index is 14.8. The lowest BCUT2D eigenvalue weighted by Gasteiger charge is -2.30. The Morgan fingerprint density at radius 1 is 0.342 bits per heavy atom. The van der Waals surface area contributed by atoms with Gasteiger partial charge in [-0.05, 0) is 147 Å². The molecule has 808 valence electrons. The molecule has 0 spiro atoms. The predicted octanol–water partition coefficient (Wildman–Crippen LogP) is -9.87. The van der Waals surface area contributed by atoms with Crippen LogP contribution >= 0.6 is 0 Å². The first-order chi connectivity index (χ1) is 68.5. The van der Waals surface area contributed by atoms with E-state index >= 15 is 0 Å². The average Bonchev–Trinajstić information content (AvgIpc) is 1.65. The monoisotopic (exact) mass is 2060 g/mol. The second-order valence-electron chi connectivity index (χ2n) is 36.6. The summed E-state index contributed by atoms with van der Waals surface area (Å²) in [5.74, 6) is -24.6. The number of carboxylic acids is 1. The van der Waals surface area contributed by atoms with E-state index in [1.54, 1.807) is 74.6 Å². The van der Waals surface area contributed by atoms with Crippen LogP contribution in [0, 0.1) is 17.8 Å². The molecule has 4 aromatic rings. The highest BCUT2D eigenvalue weighted by atomic mass is 16.4. The van der Waals surface area contributed by atoms with Crippen molar-refractivity contribution < 1.29 is 142 Å². The number of aromatic nitrogens is 1. The number of nitrogens with two attached hydrogens (primary N) is 3. The first kappa shape index (κ1) is 124. The number of aliphatic hydroxyl groups is 6. The fourth-order valence-corrected chi connectivity index (χ4v) is 14.3. The molecule has 0 aliphatic rings. The summed E-state index contributed by atoms with van der Waals surface area (Å²) in [5, 5.41) is 128. The molecule has 0 aliphatic carbocycles. The van der Waals surface area contributed by atoms with Crippen molar-refractivity contribution in [3.8, 4) is 5.75 Å². The van der Waals surface area contributed by atoms with Crippen molar-refractivity contribution >= 4 is 135 Å². The van der Waals surface area contributed by atoms with E-state index in [-0.39, 0.29) is 50.8 Å². The van der Waals surface area contributed by atoms with Crippen LogP contribution in [0.25, 0.3) is 10.9 Å². The number of carbonyl (C=O) groups is 21. The fraction of sp³-hybridized carbons (Fsp3) is 0.564. The molecule has 34 N–H and O–H groups in total. The highest BCUT2D eigenvalue weighted by Crippen LogP contribution is 2.22. The normalized spacial score (nSPS) is 15.8. The SMILES string of the molecule is CC(C)C[C@H](NC(=O)[C@@H](NC(=O)CNC(=O)[C@H](CCC(N)=O)NC(=O)CNC(=O)[C@H](Cc1c[nH]c2ccccc12)NC(=O)[C@H](Cc1ccc(O)cc1)NC(=O)[C@H](C)NC(=O)[C@H](Cc1ccccc1)NC(=O)CNC(=O)[C@@H](N)[C@@H](C)O)[C@@H](C)O)C(=O)N[C@H](C(=O)N[C@H](C(=O)N[C@H](C(=O)N[C@@H](CO)C(=O)N[C@@H](C)C(=O)N[C@@H](C)C(=O)N[C@@H](CCCCN)C(=O)N[C@H](C(=O)N[C@H](C(=O)O)[C@@H](C)O)[C@@H](C)O)C(C)C)[C@@H](C)O)C(C)C. The lowest BCUT2D eigenvalue weighted by Crippen LogP contribution is -2.63. The Morgan fingerprint density at radius 2 is 0.699 bits per heavy atom. The first-order valence-corrected chi connectivity index (χ1v) is 47.5.